The predicted molar refractivity (Wildman–Crippen MR) is 324 cm³/mol. The van der Waals surface area contributed by atoms with E-state index in [0.29, 0.717) is 12.8 Å². The lowest BCUT2D eigenvalue weighted by atomic mass is 9.99. The molecule has 0 saturated carbocycles. The monoisotopic (exact) mass is 1090 g/mol. The fourth-order valence-corrected chi connectivity index (χ4v) is 8.98. The zero-order valence-corrected chi connectivity index (χ0v) is 49.2. The average molecular weight is 1090 g/mol. The summed E-state index contributed by atoms with van der Waals surface area (Å²) in [5.74, 6) is -1.25. The third kappa shape index (κ3) is 41.3. The summed E-state index contributed by atoms with van der Waals surface area (Å²) in [5.41, 5.74) is 0. The van der Waals surface area contributed by atoms with Crippen LogP contribution < -0.4 is 5.32 Å². The van der Waals surface area contributed by atoms with E-state index in [1.54, 1.807) is 6.08 Å². The number of aliphatic hydroxyl groups is 5. The fourth-order valence-electron chi connectivity index (χ4n) is 8.98. The third-order valence-corrected chi connectivity index (χ3v) is 13.9. The number of allylic oxidation sites excluding steroid dienone is 17. The minimum absolute atomic E-state index is 0.0990. The Morgan fingerprint density at radius 3 is 1.41 bits per heavy atom. The summed E-state index contributed by atoms with van der Waals surface area (Å²) in [6.07, 6.45) is 62.6. The van der Waals surface area contributed by atoms with Crippen molar-refractivity contribution in [1.29, 1.82) is 0 Å². The number of nitrogens with one attached hydrogen (secondary N) is 1. The summed E-state index contributed by atoms with van der Waals surface area (Å²) in [6, 6.07) is -1.05. The second-order valence-electron chi connectivity index (χ2n) is 21.0. The van der Waals surface area contributed by atoms with Gasteiger partial charge in [-0.3, -0.25) is 9.59 Å². The molecule has 0 aromatic heterocycles. The second kappa shape index (κ2) is 53.9. The maximum Gasteiger partial charge on any atom is 0.306 e. The lowest BCUT2D eigenvalue weighted by molar-refractivity contribution is -0.305. The highest BCUT2D eigenvalue weighted by atomic mass is 16.7. The van der Waals surface area contributed by atoms with E-state index in [4.69, 9.17) is 14.2 Å². The number of ether oxygens (including phenoxy) is 3. The Bertz CT molecular complexity index is 1680. The van der Waals surface area contributed by atoms with E-state index in [-0.39, 0.29) is 19.4 Å². The zero-order chi connectivity index (χ0) is 56.8. The standard InChI is InChI=1S/C67H113NO10/c1-4-7-10-13-16-19-22-25-27-29-31-33-35-37-40-43-46-49-52-55-62(72)78-65-64(74)63(73)61(56-69)77-67(65)76-57-58(59(70)53-50-47-44-41-38-24-21-18-15-12-9-6-3)68-66(75)60(71)54-51-48-45-42-39-36-34-32-30-28-26-23-20-17-14-11-8-5-2/h8,11,16-17,19-20,25-28,31-34,39,42,50,53,58-61,63-65,67,69-71,73-74H,4-7,9-10,12-15,18,21-24,29-30,35-38,40-41,43-49,51-52,54-57H2,1-3H3,(H,68,75)/b11-8-,19-16-,20-17-,27-25-,28-26-,33-31-,34-32-,42-39-,53-50+. The first-order valence-corrected chi connectivity index (χ1v) is 31.2. The normalized spacial score (nSPS) is 19.7. The van der Waals surface area contributed by atoms with Crippen molar-refractivity contribution in [3.05, 3.63) is 109 Å². The van der Waals surface area contributed by atoms with Gasteiger partial charge in [-0.05, 0) is 109 Å². The predicted octanol–water partition coefficient (Wildman–Crippen LogP) is 14.9. The van der Waals surface area contributed by atoms with Gasteiger partial charge in [0.2, 0.25) is 5.91 Å². The Morgan fingerprint density at radius 2 is 0.923 bits per heavy atom. The van der Waals surface area contributed by atoms with Gasteiger partial charge in [-0.15, -0.1) is 0 Å². The van der Waals surface area contributed by atoms with Gasteiger partial charge in [0.25, 0.3) is 0 Å². The molecule has 0 bridgehead atoms. The van der Waals surface area contributed by atoms with Gasteiger partial charge in [0.05, 0.1) is 25.4 Å². The van der Waals surface area contributed by atoms with Gasteiger partial charge in [-0.1, -0.05) is 233 Å². The molecular formula is C67H113NO10. The molecule has 1 aliphatic rings. The smallest absolute Gasteiger partial charge is 0.306 e. The Labute approximate surface area is 475 Å². The lowest BCUT2D eigenvalue weighted by Crippen LogP contribution is -2.61. The van der Waals surface area contributed by atoms with Crippen molar-refractivity contribution in [3.63, 3.8) is 0 Å². The van der Waals surface area contributed by atoms with Crippen LogP contribution in [0.25, 0.3) is 0 Å². The molecule has 1 heterocycles. The highest BCUT2D eigenvalue weighted by molar-refractivity contribution is 5.80. The number of unbranched alkanes of at least 4 members (excludes halogenated alkanes) is 21. The highest BCUT2D eigenvalue weighted by Gasteiger charge is 2.47. The van der Waals surface area contributed by atoms with Gasteiger partial charge in [0.1, 0.15) is 24.4 Å². The minimum atomic E-state index is -1.63. The first-order valence-electron chi connectivity index (χ1n) is 31.2. The molecule has 6 N–H and O–H groups in total. The molecule has 1 saturated heterocycles. The van der Waals surface area contributed by atoms with E-state index in [2.05, 4.69) is 123 Å². The lowest BCUT2D eigenvalue weighted by Gasteiger charge is -2.41. The minimum Gasteiger partial charge on any atom is -0.454 e. The Kier molecular flexibility index (Phi) is 50.0. The van der Waals surface area contributed by atoms with E-state index in [9.17, 15) is 35.1 Å². The highest BCUT2D eigenvalue weighted by Crippen LogP contribution is 2.26. The zero-order valence-electron chi connectivity index (χ0n) is 49.2. The van der Waals surface area contributed by atoms with Gasteiger partial charge in [0.15, 0.2) is 12.4 Å². The number of hydrogen-bond acceptors (Lipinski definition) is 10. The number of amides is 1. The number of carbonyl (C=O) groups excluding carboxylic acids is 2. The van der Waals surface area contributed by atoms with E-state index < -0.39 is 67.4 Å². The third-order valence-electron chi connectivity index (χ3n) is 13.9. The van der Waals surface area contributed by atoms with Crippen LogP contribution in [0, 0.1) is 0 Å². The summed E-state index contributed by atoms with van der Waals surface area (Å²) in [4.78, 5) is 26.5. The molecule has 1 amide bonds. The molecule has 1 aliphatic heterocycles. The topological polar surface area (TPSA) is 175 Å². The molecule has 11 heteroatoms. The van der Waals surface area contributed by atoms with E-state index in [1.165, 1.54) is 70.6 Å². The molecule has 11 nitrogen and oxygen atoms in total. The Morgan fingerprint density at radius 1 is 0.513 bits per heavy atom. The Hall–Kier alpha value is -3.68. The van der Waals surface area contributed by atoms with Crippen LogP contribution in [0.3, 0.4) is 0 Å². The molecule has 0 aliphatic carbocycles. The first-order chi connectivity index (χ1) is 38.2. The number of hydrogen-bond donors (Lipinski definition) is 6. The molecule has 0 spiro atoms. The van der Waals surface area contributed by atoms with Crippen LogP contribution in [0.1, 0.15) is 239 Å². The second-order valence-corrected chi connectivity index (χ2v) is 21.0. The summed E-state index contributed by atoms with van der Waals surface area (Å²) < 4.78 is 17.6. The van der Waals surface area contributed by atoms with Crippen LogP contribution in [-0.4, -0.2) is 99.6 Å². The van der Waals surface area contributed by atoms with Gasteiger partial charge in [0, 0.05) is 6.42 Å². The molecule has 0 aromatic carbocycles. The molecule has 78 heavy (non-hydrogen) atoms. The molecule has 0 aromatic rings. The largest absolute Gasteiger partial charge is 0.454 e. The van der Waals surface area contributed by atoms with Crippen LogP contribution in [0.4, 0.5) is 0 Å². The number of carbonyl (C=O) groups is 2. The van der Waals surface area contributed by atoms with Gasteiger partial charge in [-0.25, -0.2) is 0 Å². The van der Waals surface area contributed by atoms with Crippen molar-refractivity contribution in [2.24, 2.45) is 0 Å². The van der Waals surface area contributed by atoms with Crippen molar-refractivity contribution >= 4 is 11.9 Å². The number of rotatable bonds is 51. The van der Waals surface area contributed by atoms with Crippen molar-refractivity contribution < 1.29 is 49.3 Å². The number of aliphatic hydroxyl groups excluding tert-OH is 5. The fraction of sp³-hybridized carbons (Fsp3) is 0.701. The number of esters is 1. The molecule has 0 radical (unpaired) electrons. The molecular weight excluding hydrogens is 979 g/mol. The van der Waals surface area contributed by atoms with Gasteiger partial charge >= 0.3 is 5.97 Å². The quantitative estimate of drug-likeness (QED) is 0.0195. The van der Waals surface area contributed by atoms with E-state index in [1.807, 2.05) is 6.08 Å². The molecule has 1 fully saturated rings. The van der Waals surface area contributed by atoms with Crippen LogP contribution in [0.5, 0.6) is 0 Å². The van der Waals surface area contributed by atoms with Crippen molar-refractivity contribution in [2.75, 3.05) is 13.2 Å². The maximum absolute atomic E-state index is 13.4. The van der Waals surface area contributed by atoms with Crippen molar-refractivity contribution in [3.8, 4) is 0 Å². The van der Waals surface area contributed by atoms with Crippen molar-refractivity contribution in [2.45, 2.75) is 288 Å². The maximum atomic E-state index is 13.4. The Balaban J connectivity index is 2.72. The molecule has 8 atom stereocenters. The van der Waals surface area contributed by atoms with Crippen LogP contribution in [-0.2, 0) is 23.8 Å². The summed E-state index contributed by atoms with van der Waals surface area (Å²) in [5, 5.41) is 57.0. The van der Waals surface area contributed by atoms with E-state index in [0.717, 1.165) is 122 Å². The summed E-state index contributed by atoms with van der Waals surface area (Å²) in [7, 11) is 0. The molecule has 1 rings (SSSR count). The molecule has 8 unspecified atom stereocenters. The molecule has 446 valence electrons. The van der Waals surface area contributed by atoms with Gasteiger partial charge < -0.3 is 45.1 Å². The first kappa shape index (κ1) is 72.3. The summed E-state index contributed by atoms with van der Waals surface area (Å²) >= 11 is 0. The summed E-state index contributed by atoms with van der Waals surface area (Å²) in [6.45, 7) is 5.61. The van der Waals surface area contributed by atoms with Crippen molar-refractivity contribution in [1.82, 2.24) is 5.32 Å². The average Bonchev–Trinajstić information content (AvgIpc) is 3.44. The van der Waals surface area contributed by atoms with E-state index >= 15 is 0 Å². The van der Waals surface area contributed by atoms with Crippen LogP contribution in [0.2, 0.25) is 0 Å². The van der Waals surface area contributed by atoms with Crippen LogP contribution in [0.15, 0.2) is 109 Å². The van der Waals surface area contributed by atoms with Gasteiger partial charge in [-0.2, -0.15) is 0 Å². The SMILES string of the molecule is CC/C=C\C/C=C\C/C=C\C/C=C\C/C=C\CCCCC(O)C(=O)NC(COC1OC(CO)C(O)C(O)C1OC(=O)CCCCCCCC/C=C\C/C=C\C/C=C\CCCCC)C(O)/C=C/CCCCCCCCCCCC. The van der Waals surface area contributed by atoms with Crippen LogP contribution >= 0.6 is 0 Å².